The third-order valence-corrected chi connectivity index (χ3v) is 9.64. The average molecular weight is 691 g/mol. The van der Waals surface area contributed by atoms with E-state index in [2.05, 4.69) is 21.6 Å². The third-order valence-electron chi connectivity index (χ3n) is 8.85. The van der Waals surface area contributed by atoms with E-state index in [0.717, 1.165) is 58.5 Å². The molecule has 11 heteroatoms. The van der Waals surface area contributed by atoms with E-state index in [-0.39, 0.29) is 11.9 Å². The molecule has 0 bridgehead atoms. The van der Waals surface area contributed by atoms with Gasteiger partial charge in [-0.2, -0.15) is 0 Å². The van der Waals surface area contributed by atoms with Gasteiger partial charge < -0.3 is 25.2 Å². The van der Waals surface area contributed by atoms with E-state index < -0.39 is 5.60 Å². The van der Waals surface area contributed by atoms with Gasteiger partial charge in [-0.3, -0.25) is 14.7 Å². The Balaban J connectivity index is 1.28. The first-order valence-corrected chi connectivity index (χ1v) is 16.9. The average Bonchev–Trinajstić information content (AvgIpc) is 3.48. The zero-order valence-corrected chi connectivity index (χ0v) is 29.2. The van der Waals surface area contributed by atoms with Crippen LogP contribution in [-0.2, 0) is 24.3 Å². The lowest BCUT2D eigenvalue weighted by Crippen LogP contribution is -2.41. The van der Waals surface area contributed by atoms with E-state index in [1.165, 1.54) is 5.56 Å². The molecule has 48 heavy (non-hydrogen) atoms. The number of amides is 1. The van der Waals surface area contributed by atoms with Crippen molar-refractivity contribution in [3.8, 4) is 45.3 Å². The molecule has 1 atom stereocenters. The fourth-order valence-corrected chi connectivity index (χ4v) is 7.30. The van der Waals surface area contributed by atoms with Gasteiger partial charge in [0.05, 0.1) is 41.3 Å². The lowest BCUT2D eigenvalue weighted by atomic mass is 9.93. The minimum atomic E-state index is -0.789. The topological polar surface area (TPSA) is 109 Å². The Hall–Kier alpha value is -3.73. The fraction of sp³-hybridized carbons (Fsp3) is 0.378. The van der Waals surface area contributed by atoms with Crippen molar-refractivity contribution in [1.82, 2.24) is 25.5 Å². The summed E-state index contributed by atoms with van der Waals surface area (Å²) in [6, 6.07) is 15.8. The number of hydrogen-bond donors (Lipinski definition) is 3. The molecule has 1 saturated heterocycles. The molecule has 252 valence electrons. The van der Waals surface area contributed by atoms with Gasteiger partial charge in [0.15, 0.2) is 0 Å². The predicted octanol–water partition coefficient (Wildman–Crippen LogP) is 6.30. The zero-order valence-electron chi connectivity index (χ0n) is 27.7. The Bertz CT molecular complexity index is 1830. The molecule has 4 aromatic rings. The summed E-state index contributed by atoms with van der Waals surface area (Å²) >= 11 is 14.3. The molecule has 0 radical (unpaired) electrons. The van der Waals surface area contributed by atoms with Crippen molar-refractivity contribution >= 4 is 29.1 Å². The van der Waals surface area contributed by atoms with Gasteiger partial charge in [-0.15, -0.1) is 0 Å². The van der Waals surface area contributed by atoms with Crippen molar-refractivity contribution in [1.29, 1.82) is 0 Å². The summed E-state index contributed by atoms with van der Waals surface area (Å²) in [5.74, 6) is 1.41. The molecule has 6 rings (SSSR count). The molecule has 1 fully saturated rings. The second kappa shape index (κ2) is 14.4. The highest BCUT2D eigenvalue weighted by molar-refractivity contribution is 6.39. The van der Waals surface area contributed by atoms with E-state index >= 15 is 0 Å². The number of β-amino-alcohol motifs (C(OH)–C–C–N with tert-alkyl or cyclic N) is 1. The van der Waals surface area contributed by atoms with Crippen molar-refractivity contribution < 1.29 is 19.4 Å². The van der Waals surface area contributed by atoms with Crippen LogP contribution in [0.25, 0.3) is 33.6 Å². The van der Waals surface area contributed by atoms with Crippen LogP contribution in [0.5, 0.6) is 11.6 Å². The number of carbonyl (C=O) groups excluding carboxylic acids is 1. The Morgan fingerprint density at radius 2 is 1.83 bits per heavy atom. The summed E-state index contributed by atoms with van der Waals surface area (Å²) in [7, 11) is 3.28. The highest BCUT2D eigenvalue weighted by atomic mass is 35.5. The van der Waals surface area contributed by atoms with E-state index in [4.69, 9.17) is 42.6 Å². The van der Waals surface area contributed by atoms with Crippen molar-refractivity contribution in [2.24, 2.45) is 0 Å². The number of methoxy groups -OCH3 is 2. The smallest absolute Gasteiger partial charge is 0.220 e. The van der Waals surface area contributed by atoms with Crippen molar-refractivity contribution in [3.63, 3.8) is 0 Å². The van der Waals surface area contributed by atoms with Gasteiger partial charge in [0.2, 0.25) is 11.8 Å². The number of benzene rings is 2. The summed E-state index contributed by atoms with van der Waals surface area (Å²) in [6.07, 6.45) is 3.98. The van der Waals surface area contributed by atoms with E-state index in [1.807, 2.05) is 56.3 Å². The number of aliphatic hydroxyl groups is 1. The number of hydrogen-bond acceptors (Lipinski definition) is 8. The number of halogens is 2. The first-order chi connectivity index (χ1) is 23.0. The Morgan fingerprint density at radius 3 is 2.56 bits per heavy atom. The van der Waals surface area contributed by atoms with Gasteiger partial charge in [-0.05, 0) is 62.1 Å². The van der Waals surface area contributed by atoms with Crippen molar-refractivity contribution in [2.45, 2.75) is 57.8 Å². The zero-order chi connectivity index (χ0) is 34.0. The van der Waals surface area contributed by atoms with Crippen LogP contribution in [0.2, 0.25) is 10.0 Å². The second-order valence-electron chi connectivity index (χ2n) is 13.1. The summed E-state index contributed by atoms with van der Waals surface area (Å²) in [5, 5.41) is 17.8. The molecule has 1 amide bonds. The Kier molecular flexibility index (Phi) is 10.2. The molecule has 2 aromatic carbocycles. The molecular weight excluding hydrogens is 649 g/mol. The molecule has 0 saturated carbocycles. The van der Waals surface area contributed by atoms with E-state index in [0.29, 0.717) is 59.9 Å². The van der Waals surface area contributed by atoms with Gasteiger partial charge in [0.1, 0.15) is 5.75 Å². The minimum Gasteiger partial charge on any atom is -0.496 e. The first-order valence-electron chi connectivity index (χ1n) is 16.2. The maximum absolute atomic E-state index is 11.5. The van der Waals surface area contributed by atoms with Crippen LogP contribution in [-0.4, -0.2) is 71.4 Å². The molecule has 0 spiro atoms. The fourth-order valence-electron chi connectivity index (χ4n) is 6.65. The summed E-state index contributed by atoms with van der Waals surface area (Å²) in [6.45, 7) is 7.00. The van der Waals surface area contributed by atoms with Gasteiger partial charge in [-0.1, -0.05) is 47.5 Å². The van der Waals surface area contributed by atoms with Gasteiger partial charge in [0, 0.05) is 79.2 Å². The molecule has 2 aliphatic rings. The summed E-state index contributed by atoms with van der Waals surface area (Å²) < 4.78 is 11.5. The predicted molar refractivity (Wildman–Crippen MR) is 190 cm³/mol. The highest BCUT2D eigenvalue weighted by Gasteiger charge is 2.26. The number of rotatable bonds is 11. The van der Waals surface area contributed by atoms with E-state index in [9.17, 15) is 9.90 Å². The molecule has 2 aliphatic heterocycles. The minimum absolute atomic E-state index is 0.100. The van der Waals surface area contributed by atoms with Crippen molar-refractivity contribution in [3.05, 3.63) is 81.5 Å². The Labute approximate surface area is 291 Å². The van der Waals surface area contributed by atoms with Crippen LogP contribution in [0.3, 0.4) is 0 Å². The lowest BCUT2D eigenvalue weighted by molar-refractivity contribution is -0.119. The highest BCUT2D eigenvalue weighted by Crippen LogP contribution is 2.43. The van der Waals surface area contributed by atoms with Crippen LogP contribution in [0.4, 0.5) is 0 Å². The SMILES string of the molecule is COc1cc(-c2nccc(-c3cccc(-c4ccc(CNCC5CCC(=O)N5)c(OC)n4)c3Cl)c2Cl)cc2c1CCN(CC(C)(C)O)C2. The number of aromatic nitrogens is 2. The van der Waals surface area contributed by atoms with E-state index in [1.54, 1.807) is 20.4 Å². The largest absolute Gasteiger partial charge is 0.496 e. The molecule has 4 heterocycles. The first kappa shape index (κ1) is 34.1. The van der Waals surface area contributed by atoms with Crippen LogP contribution in [0, 0.1) is 0 Å². The van der Waals surface area contributed by atoms with Crippen LogP contribution in [0.1, 0.15) is 43.4 Å². The second-order valence-corrected chi connectivity index (χ2v) is 13.8. The monoisotopic (exact) mass is 689 g/mol. The molecule has 3 N–H and O–H groups in total. The van der Waals surface area contributed by atoms with Crippen molar-refractivity contribution in [2.75, 3.05) is 33.9 Å². The number of fused-ring (bicyclic) bond motifs is 1. The van der Waals surface area contributed by atoms with Gasteiger partial charge in [-0.25, -0.2) is 4.98 Å². The molecule has 2 aromatic heterocycles. The number of carbonyl (C=O) groups is 1. The number of pyridine rings is 2. The number of nitrogens with one attached hydrogen (secondary N) is 2. The molecular formula is C37H41Cl2N5O4. The summed E-state index contributed by atoms with van der Waals surface area (Å²) in [4.78, 5) is 23.3. The van der Waals surface area contributed by atoms with Crippen LogP contribution >= 0.6 is 23.2 Å². The number of ether oxygens (including phenoxy) is 2. The van der Waals surface area contributed by atoms with Gasteiger partial charge in [0.25, 0.3) is 0 Å². The maximum atomic E-state index is 11.5. The third kappa shape index (κ3) is 7.46. The lowest BCUT2D eigenvalue weighted by Gasteiger charge is -2.34. The number of nitrogens with zero attached hydrogens (tertiary/aromatic N) is 3. The quantitative estimate of drug-likeness (QED) is 0.168. The molecule has 1 unspecified atom stereocenters. The maximum Gasteiger partial charge on any atom is 0.220 e. The van der Waals surface area contributed by atoms with Crippen LogP contribution < -0.4 is 20.1 Å². The van der Waals surface area contributed by atoms with Gasteiger partial charge >= 0.3 is 0 Å². The molecule has 0 aliphatic carbocycles. The Morgan fingerprint density at radius 1 is 1.04 bits per heavy atom. The molecule has 9 nitrogen and oxygen atoms in total. The standard InChI is InChI=1S/C37H41Cl2N5O4/c1-37(2,46)21-44-15-13-26-24(20-44)16-23(17-31(26)47-3)35-34(39)28(12-14-41-35)27-6-5-7-29(33(27)38)30-10-8-22(36(43-30)48-4)18-40-19-25-9-11-32(45)42-25/h5-8,10,12,14,16-17,25,40,46H,9,11,13,15,18-21H2,1-4H3,(H,42,45). The normalized spacial score (nSPS) is 16.5. The van der Waals surface area contributed by atoms with Crippen LogP contribution in [0.15, 0.2) is 54.7 Å². The summed E-state index contributed by atoms with van der Waals surface area (Å²) in [5.41, 5.74) is 6.82.